The zero-order valence-electron chi connectivity index (χ0n) is 11.0. The maximum absolute atomic E-state index is 6.16. The van der Waals surface area contributed by atoms with E-state index in [2.05, 4.69) is 5.10 Å². The molecule has 4 heteroatoms. The van der Waals surface area contributed by atoms with Gasteiger partial charge in [-0.3, -0.25) is 0 Å². The molecule has 0 saturated heterocycles. The van der Waals surface area contributed by atoms with Crippen molar-refractivity contribution in [1.82, 2.24) is 9.78 Å². The molecule has 3 aromatic rings. The van der Waals surface area contributed by atoms with Gasteiger partial charge in [0, 0.05) is 16.7 Å². The van der Waals surface area contributed by atoms with E-state index in [-0.39, 0.29) is 0 Å². The first-order valence-electron chi connectivity index (χ1n) is 6.32. The van der Waals surface area contributed by atoms with Crippen LogP contribution >= 0.6 is 11.6 Å². The smallest absolute Gasteiger partial charge is 0.127 e. The fourth-order valence-corrected chi connectivity index (χ4v) is 2.25. The average molecular weight is 284 g/mol. The molecule has 1 aromatic heterocycles. The lowest BCUT2D eigenvalue weighted by Crippen LogP contribution is -2.01. The Hall–Kier alpha value is -2.26. The highest BCUT2D eigenvalue weighted by Crippen LogP contribution is 2.26. The van der Waals surface area contributed by atoms with Crippen LogP contribution in [0.15, 0.2) is 54.6 Å². The molecular formula is C16H14ClN3. The maximum atomic E-state index is 6.16. The van der Waals surface area contributed by atoms with E-state index in [1.165, 1.54) is 0 Å². The first-order chi connectivity index (χ1) is 9.65. The van der Waals surface area contributed by atoms with Crippen molar-refractivity contribution in [2.24, 2.45) is 0 Å². The Morgan fingerprint density at radius 3 is 2.50 bits per heavy atom. The number of nitrogens with two attached hydrogens (primary N) is 1. The Labute approximate surface area is 122 Å². The van der Waals surface area contributed by atoms with Crippen molar-refractivity contribution in [3.8, 4) is 16.9 Å². The molecule has 0 fully saturated rings. The lowest BCUT2D eigenvalue weighted by molar-refractivity contribution is 0.895. The third kappa shape index (κ3) is 2.28. The van der Waals surface area contributed by atoms with Gasteiger partial charge in [-0.15, -0.1) is 0 Å². The Bertz CT molecular complexity index is 748. The van der Waals surface area contributed by atoms with Gasteiger partial charge in [0.2, 0.25) is 0 Å². The summed E-state index contributed by atoms with van der Waals surface area (Å²) in [6.45, 7) is 1.98. The highest BCUT2D eigenvalue weighted by molar-refractivity contribution is 6.31. The minimum Gasteiger partial charge on any atom is -0.384 e. The first kappa shape index (κ1) is 12.8. The van der Waals surface area contributed by atoms with Crippen molar-refractivity contribution in [3.63, 3.8) is 0 Å². The molecule has 0 unspecified atom stereocenters. The quantitative estimate of drug-likeness (QED) is 0.770. The molecule has 0 aliphatic heterocycles. The first-order valence-corrected chi connectivity index (χ1v) is 6.70. The molecule has 2 N–H and O–H groups in total. The number of aromatic nitrogens is 2. The van der Waals surface area contributed by atoms with E-state index in [1.54, 1.807) is 4.68 Å². The van der Waals surface area contributed by atoms with Crippen molar-refractivity contribution < 1.29 is 0 Å². The van der Waals surface area contributed by atoms with Crippen LogP contribution in [0.25, 0.3) is 16.9 Å². The summed E-state index contributed by atoms with van der Waals surface area (Å²) in [5, 5.41) is 5.29. The Morgan fingerprint density at radius 2 is 1.80 bits per heavy atom. The largest absolute Gasteiger partial charge is 0.384 e. The molecule has 1 heterocycles. The number of para-hydroxylation sites is 1. The van der Waals surface area contributed by atoms with Crippen LogP contribution in [0.3, 0.4) is 0 Å². The number of anilines is 1. The van der Waals surface area contributed by atoms with Gasteiger partial charge in [0.25, 0.3) is 0 Å². The number of rotatable bonds is 2. The molecule has 3 rings (SSSR count). The van der Waals surface area contributed by atoms with Gasteiger partial charge in [0.1, 0.15) is 5.82 Å². The van der Waals surface area contributed by atoms with Crippen molar-refractivity contribution >= 4 is 17.4 Å². The van der Waals surface area contributed by atoms with Crippen LogP contribution in [0.4, 0.5) is 5.82 Å². The van der Waals surface area contributed by atoms with Crippen LogP contribution in [0, 0.1) is 6.92 Å². The zero-order valence-corrected chi connectivity index (χ0v) is 11.8. The van der Waals surface area contributed by atoms with Crippen molar-refractivity contribution in [2.45, 2.75) is 6.92 Å². The molecule has 100 valence electrons. The number of aryl methyl sites for hydroxylation is 1. The molecule has 0 spiro atoms. The van der Waals surface area contributed by atoms with E-state index < -0.39 is 0 Å². The number of hydrogen-bond acceptors (Lipinski definition) is 2. The summed E-state index contributed by atoms with van der Waals surface area (Å²) in [6, 6.07) is 17.6. The minimum atomic E-state index is 0.600. The summed E-state index contributed by atoms with van der Waals surface area (Å²) in [5.41, 5.74) is 9.81. The standard InChI is InChI=1S/C16H14ClN3/c1-11-7-8-12(9-14(11)17)15-10-16(18)20(19-15)13-5-3-2-4-6-13/h2-10H,18H2,1H3. The monoisotopic (exact) mass is 283 g/mol. The minimum absolute atomic E-state index is 0.600. The zero-order chi connectivity index (χ0) is 14.1. The van der Waals surface area contributed by atoms with Crippen LogP contribution in [0.1, 0.15) is 5.56 Å². The summed E-state index contributed by atoms with van der Waals surface area (Å²) in [4.78, 5) is 0. The highest BCUT2D eigenvalue weighted by Gasteiger charge is 2.09. The van der Waals surface area contributed by atoms with Gasteiger partial charge in [0.05, 0.1) is 11.4 Å². The normalized spacial score (nSPS) is 10.7. The predicted octanol–water partition coefficient (Wildman–Crippen LogP) is 4.08. The second-order valence-electron chi connectivity index (χ2n) is 4.67. The van der Waals surface area contributed by atoms with Crippen LogP contribution in [0.5, 0.6) is 0 Å². The van der Waals surface area contributed by atoms with E-state index in [0.717, 1.165) is 27.5 Å². The van der Waals surface area contributed by atoms with Crippen molar-refractivity contribution in [2.75, 3.05) is 5.73 Å². The molecule has 2 aromatic carbocycles. The number of nitrogens with zero attached hydrogens (tertiary/aromatic N) is 2. The molecule has 0 aliphatic carbocycles. The molecular weight excluding hydrogens is 270 g/mol. The Balaban J connectivity index is 2.06. The molecule has 0 radical (unpaired) electrons. The van der Waals surface area contributed by atoms with E-state index in [9.17, 15) is 0 Å². The van der Waals surface area contributed by atoms with Crippen LogP contribution < -0.4 is 5.73 Å². The number of benzene rings is 2. The predicted molar refractivity (Wildman–Crippen MR) is 83.2 cm³/mol. The topological polar surface area (TPSA) is 43.8 Å². The van der Waals surface area contributed by atoms with Gasteiger partial charge < -0.3 is 5.73 Å². The maximum Gasteiger partial charge on any atom is 0.127 e. The lowest BCUT2D eigenvalue weighted by atomic mass is 10.1. The van der Waals surface area contributed by atoms with Crippen LogP contribution in [-0.4, -0.2) is 9.78 Å². The Kier molecular flexibility index (Phi) is 3.20. The number of hydrogen-bond donors (Lipinski definition) is 1. The third-order valence-corrected chi connectivity index (χ3v) is 3.61. The lowest BCUT2D eigenvalue weighted by Gasteiger charge is -2.03. The van der Waals surface area contributed by atoms with Gasteiger partial charge in [-0.1, -0.05) is 41.9 Å². The van der Waals surface area contributed by atoms with Gasteiger partial charge in [-0.05, 0) is 30.7 Å². The fourth-order valence-electron chi connectivity index (χ4n) is 2.06. The van der Waals surface area contributed by atoms with E-state index in [4.69, 9.17) is 17.3 Å². The van der Waals surface area contributed by atoms with Crippen LogP contribution in [-0.2, 0) is 0 Å². The molecule has 0 saturated carbocycles. The number of halogens is 1. The van der Waals surface area contributed by atoms with Crippen LogP contribution in [0.2, 0.25) is 5.02 Å². The second kappa shape index (κ2) is 5.02. The van der Waals surface area contributed by atoms with E-state index >= 15 is 0 Å². The molecule has 0 amide bonds. The van der Waals surface area contributed by atoms with E-state index in [1.807, 2.05) is 61.5 Å². The SMILES string of the molecule is Cc1ccc(-c2cc(N)n(-c3ccccc3)n2)cc1Cl. The Morgan fingerprint density at radius 1 is 1.05 bits per heavy atom. The van der Waals surface area contributed by atoms with Gasteiger partial charge in [-0.2, -0.15) is 5.10 Å². The van der Waals surface area contributed by atoms with Gasteiger partial charge in [0.15, 0.2) is 0 Å². The summed E-state index contributed by atoms with van der Waals surface area (Å²) >= 11 is 6.16. The summed E-state index contributed by atoms with van der Waals surface area (Å²) in [5.74, 6) is 0.600. The molecule has 3 nitrogen and oxygen atoms in total. The average Bonchev–Trinajstić information content (AvgIpc) is 2.85. The van der Waals surface area contributed by atoms with E-state index in [0.29, 0.717) is 5.82 Å². The highest BCUT2D eigenvalue weighted by atomic mass is 35.5. The summed E-state index contributed by atoms with van der Waals surface area (Å²) in [7, 11) is 0. The molecule has 20 heavy (non-hydrogen) atoms. The summed E-state index contributed by atoms with van der Waals surface area (Å²) in [6.07, 6.45) is 0. The fraction of sp³-hybridized carbons (Fsp3) is 0.0625. The molecule has 0 aliphatic rings. The number of nitrogen functional groups attached to an aromatic ring is 1. The van der Waals surface area contributed by atoms with Crippen molar-refractivity contribution in [3.05, 3.63) is 65.2 Å². The summed E-state index contributed by atoms with van der Waals surface area (Å²) < 4.78 is 1.73. The second-order valence-corrected chi connectivity index (χ2v) is 5.07. The van der Waals surface area contributed by atoms with Gasteiger partial charge >= 0.3 is 0 Å². The molecule has 0 bridgehead atoms. The van der Waals surface area contributed by atoms with Gasteiger partial charge in [-0.25, -0.2) is 4.68 Å². The third-order valence-electron chi connectivity index (χ3n) is 3.21. The molecule has 0 atom stereocenters. The van der Waals surface area contributed by atoms with Crippen molar-refractivity contribution in [1.29, 1.82) is 0 Å².